The first kappa shape index (κ1) is 15.0. The van der Waals surface area contributed by atoms with Crippen molar-refractivity contribution in [2.24, 2.45) is 0 Å². The fourth-order valence-electron chi connectivity index (χ4n) is 1.99. The summed E-state index contributed by atoms with van der Waals surface area (Å²) in [6, 6.07) is 3.47. The highest BCUT2D eigenvalue weighted by Crippen LogP contribution is 2.39. The molecule has 0 aromatic heterocycles. The van der Waals surface area contributed by atoms with E-state index in [2.05, 4.69) is 0 Å². The highest BCUT2D eigenvalue weighted by molar-refractivity contribution is 6.34. The van der Waals surface area contributed by atoms with Gasteiger partial charge in [0, 0.05) is 0 Å². The molecule has 1 aliphatic rings. The van der Waals surface area contributed by atoms with Gasteiger partial charge in [-0.2, -0.15) is 0 Å². The van der Waals surface area contributed by atoms with Crippen molar-refractivity contribution in [2.75, 3.05) is 14.2 Å². The van der Waals surface area contributed by atoms with Crippen molar-refractivity contribution in [2.45, 2.75) is 32.0 Å². The Labute approximate surface area is 118 Å². The average Bonchev–Trinajstić information content (AvgIpc) is 2.37. The lowest BCUT2D eigenvalue weighted by molar-refractivity contribution is -0.00879. The third-order valence-electron chi connectivity index (χ3n) is 3.28. The maximum atomic E-state index is 8.93. The molecule has 0 saturated heterocycles. The molecule has 6 nitrogen and oxygen atoms in total. The molecule has 7 heteroatoms. The molecule has 0 aliphatic heterocycles. The van der Waals surface area contributed by atoms with Gasteiger partial charge in [-0.15, -0.1) is 0 Å². The Balaban J connectivity index is 2.16. The molecule has 2 rings (SSSR count). The van der Waals surface area contributed by atoms with Gasteiger partial charge in [0.25, 0.3) is 0 Å². The number of benzene rings is 1. The molecule has 0 atom stereocenters. The molecule has 110 valence electrons. The zero-order chi connectivity index (χ0) is 14.5. The molecule has 1 aromatic carbocycles. The van der Waals surface area contributed by atoms with Crippen molar-refractivity contribution in [3.63, 3.8) is 0 Å². The van der Waals surface area contributed by atoms with Gasteiger partial charge in [0.1, 0.15) is 0 Å². The van der Waals surface area contributed by atoms with Crippen molar-refractivity contribution < 1.29 is 28.9 Å². The number of hydrogen-bond donors (Lipinski definition) is 2. The standard InChI is InChI=1S/C13H19BO6/c1-17-11-6-9(8-19-10-4-3-5-10)7-12(18-2)13(11)20-14(15)16/h6-7,10,15-16H,3-5,8H2,1-2H3. The highest BCUT2D eigenvalue weighted by Gasteiger charge is 2.22. The van der Waals surface area contributed by atoms with E-state index in [0.717, 1.165) is 18.4 Å². The largest absolute Gasteiger partial charge is 0.707 e. The minimum atomic E-state index is -1.94. The van der Waals surface area contributed by atoms with Crippen LogP contribution in [-0.2, 0) is 11.3 Å². The smallest absolute Gasteiger partial charge is 0.506 e. The van der Waals surface area contributed by atoms with Crippen LogP contribution in [-0.4, -0.2) is 37.7 Å². The molecular weight excluding hydrogens is 263 g/mol. The van der Waals surface area contributed by atoms with E-state index in [4.69, 9.17) is 28.9 Å². The van der Waals surface area contributed by atoms with Crippen LogP contribution in [0.25, 0.3) is 0 Å². The maximum Gasteiger partial charge on any atom is 0.707 e. The Bertz CT molecular complexity index is 421. The van der Waals surface area contributed by atoms with Crippen LogP contribution in [0.5, 0.6) is 17.2 Å². The Morgan fingerprint density at radius 3 is 2.15 bits per heavy atom. The van der Waals surface area contributed by atoms with E-state index in [1.807, 2.05) is 0 Å². The van der Waals surface area contributed by atoms with E-state index in [-0.39, 0.29) is 5.75 Å². The van der Waals surface area contributed by atoms with Crippen LogP contribution in [0.15, 0.2) is 12.1 Å². The maximum absolute atomic E-state index is 8.93. The van der Waals surface area contributed by atoms with Gasteiger partial charge in [-0.05, 0) is 37.0 Å². The van der Waals surface area contributed by atoms with E-state index in [1.165, 1.54) is 20.6 Å². The summed E-state index contributed by atoms with van der Waals surface area (Å²) in [6.45, 7) is 0.458. The minimum Gasteiger partial charge on any atom is -0.506 e. The second kappa shape index (κ2) is 6.83. The van der Waals surface area contributed by atoms with Crippen molar-refractivity contribution in [1.29, 1.82) is 0 Å². The summed E-state index contributed by atoms with van der Waals surface area (Å²) in [7, 11) is 1.01. The fraction of sp³-hybridized carbons (Fsp3) is 0.538. The molecule has 0 heterocycles. The summed E-state index contributed by atoms with van der Waals surface area (Å²) in [6.07, 6.45) is 3.76. The van der Waals surface area contributed by atoms with E-state index >= 15 is 0 Å². The summed E-state index contributed by atoms with van der Waals surface area (Å²) in [5, 5.41) is 17.9. The summed E-state index contributed by atoms with van der Waals surface area (Å²) in [5.41, 5.74) is 0.880. The lowest BCUT2D eigenvalue weighted by atomic mass is 9.96. The predicted molar refractivity (Wildman–Crippen MR) is 72.8 cm³/mol. The Morgan fingerprint density at radius 2 is 1.75 bits per heavy atom. The Morgan fingerprint density at radius 1 is 1.15 bits per heavy atom. The monoisotopic (exact) mass is 282 g/mol. The van der Waals surface area contributed by atoms with Gasteiger partial charge < -0.3 is 28.9 Å². The van der Waals surface area contributed by atoms with Crippen molar-refractivity contribution in [3.05, 3.63) is 17.7 Å². The molecule has 1 aromatic rings. The molecule has 1 saturated carbocycles. The lowest BCUT2D eigenvalue weighted by Crippen LogP contribution is -2.22. The number of methoxy groups -OCH3 is 2. The number of ether oxygens (including phenoxy) is 3. The van der Waals surface area contributed by atoms with Gasteiger partial charge in [0.05, 0.1) is 26.9 Å². The molecule has 1 aliphatic carbocycles. The van der Waals surface area contributed by atoms with E-state index in [0.29, 0.717) is 24.2 Å². The van der Waals surface area contributed by atoms with Crippen LogP contribution in [0, 0.1) is 0 Å². The summed E-state index contributed by atoms with van der Waals surface area (Å²) in [4.78, 5) is 0. The zero-order valence-corrected chi connectivity index (χ0v) is 11.7. The fourth-order valence-corrected chi connectivity index (χ4v) is 1.99. The van der Waals surface area contributed by atoms with Crippen LogP contribution in [0.3, 0.4) is 0 Å². The first-order chi connectivity index (χ1) is 9.63. The first-order valence-corrected chi connectivity index (χ1v) is 6.53. The normalized spacial score (nSPS) is 14.6. The Kier molecular flexibility index (Phi) is 5.11. The second-order valence-electron chi connectivity index (χ2n) is 4.64. The third kappa shape index (κ3) is 3.56. The molecule has 0 radical (unpaired) electrons. The number of hydrogen-bond acceptors (Lipinski definition) is 6. The average molecular weight is 282 g/mol. The number of rotatable bonds is 7. The SMILES string of the molecule is COc1cc(COC2CCC2)cc(OC)c1OB(O)O. The molecule has 1 fully saturated rings. The van der Waals surface area contributed by atoms with Crippen LogP contribution >= 0.6 is 0 Å². The minimum absolute atomic E-state index is 0.150. The third-order valence-corrected chi connectivity index (χ3v) is 3.28. The molecule has 0 amide bonds. The van der Waals surface area contributed by atoms with Crippen LogP contribution < -0.4 is 14.1 Å². The van der Waals surface area contributed by atoms with E-state index in [1.54, 1.807) is 12.1 Å². The second-order valence-corrected chi connectivity index (χ2v) is 4.64. The quantitative estimate of drug-likeness (QED) is 0.730. The molecule has 0 unspecified atom stereocenters. The lowest BCUT2D eigenvalue weighted by Gasteiger charge is -2.25. The molecule has 0 bridgehead atoms. The zero-order valence-electron chi connectivity index (χ0n) is 11.7. The first-order valence-electron chi connectivity index (χ1n) is 6.53. The van der Waals surface area contributed by atoms with Gasteiger partial charge in [0.2, 0.25) is 0 Å². The van der Waals surface area contributed by atoms with Crippen LogP contribution in [0.2, 0.25) is 0 Å². The van der Waals surface area contributed by atoms with Crippen LogP contribution in [0.4, 0.5) is 0 Å². The van der Waals surface area contributed by atoms with Gasteiger partial charge in [-0.3, -0.25) is 0 Å². The predicted octanol–water partition coefficient (Wildman–Crippen LogP) is 1.12. The molecular formula is C13H19BO6. The van der Waals surface area contributed by atoms with Crippen molar-refractivity contribution in [1.82, 2.24) is 0 Å². The summed E-state index contributed by atoms with van der Waals surface area (Å²) < 4.78 is 21.0. The van der Waals surface area contributed by atoms with Crippen molar-refractivity contribution in [3.8, 4) is 17.2 Å². The van der Waals surface area contributed by atoms with Gasteiger partial charge in [-0.1, -0.05) is 0 Å². The molecule has 0 spiro atoms. The summed E-state index contributed by atoms with van der Waals surface area (Å²) >= 11 is 0. The van der Waals surface area contributed by atoms with Gasteiger partial charge in [0.15, 0.2) is 17.2 Å². The van der Waals surface area contributed by atoms with Crippen molar-refractivity contribution >= 4 is 7.32 Å². The summed E-state index contributed by atoms with van der Waals surface area (Å²) in [5.74, 6) is 0.881. The van der Waals surface area contributed by atoms with Crippen LogP contribution in [0.1, 0.15) is 24.8 Å². The highest BCUT2D eigenvalue weighted by atomic mass is 16.6. The molecule has 2 N–H and O–H groups in total. The topological polar surface area (TPSA) is 77.4 Å². The van der Waals surface area contributed by atoms with E-state index in [9.17, 15) is 0 Å². The van der Waals surface area contributed by atoms with Gasteiger partial charge >= 0.3 is 7.32 Å². The van der Waals surface area contributed by atoms with E-state index < -0.39 is 7.32 Å². The molecule has 20 heavy (non-hydrogen) atoms. The van der Waals surface area contributed by atoms with Gasteiger partial charge in [-0.25, -0.2) is 0 Å². The Hall–Kier alpha value is -1.44.